The van der Waals surface area contributed by atoms with Gasteiger partial charge in [0.2, 0.25) is 0 Å². The van der Waals surface area contributed by atoms with E-state index >= 15 is 0 Å². The van der Waals surface area contributed by atoms with Gasteiger partial charge in [-0.1, -0.05) is 5.16 Å². The lowest BCUT2D eigenvalue weighted by atomic mass is 10.1. The van der Waals surface area contributed by atoms with E-state index in [9.17, 15) is 14.9 Å². The molecule has 1 aliphatic carbocycles. The van der Waals surface area contributed by atoms with E-state index in [1.807, 2.05) is 0 Å². The first-order chi connectivity index (χ1) is 12.1. The number of benzene rings is 1. The molecule has 0 atom stereocenters. The van der Waals surface area contributed by atoms with Crippen LogP contribution in [-0.4, -0.2) is 34.0 Å². The second-order valence-corrected chi connectivity index (χ2v) is 5.64. The molecule has 2 aromatic rings. The molecule has 0 spiro atoms. The molecule has 0 N–H and O–H groups in total. The summed E-state index contributed by atoms with van der Waals surface area (Å²) < 4.78 is 6.75. The summed E-state index contributed by atoms with van der Waals surface area (Å²) in [7, 11) is 1.54. The molecule has 1 saturated carbocycles. The fourth-order valence-electron chi connectivity index (χ4n) is 2.24. The molecule has 0 unspecified atom stereocenters. The predicted molar refractivity (Wildman–Crippen MR) is 87.4 cm³/mol. The average molecular weight is 344 g/mol. The number of methoxy groups -OCH3 is 1. The molecular weight excluding hydrogens is 328 g/mol. The van der Waals surface area contributed by atoms with E-state index in [4.69, 9.17) is 9.57 Å². The third kappa shape index (κ3) is 4.19. The van der Waals surface area contributed by atoms with Crippen molar-refractivity contribution >= 4 is 17.9 Å². The summed E-state index contributed by atoms with van der Waals surface area (Å²) in [6.45, 7) is 0.292. The van der Waals surface area contributed by atoms with E-state index in [2.05, 4.69) is 10.3 Å². The van der Waals surface area contributed by atoms with E-state index < -0.39 is 4.92 Å². The number of nitrogens with zero attached hydrogens (tertiary/aromatic N) is 4. The highest BCUT2D eigenvalue weighted by atomic mass is 16.7. The monoisotopic (exact) mass is 344 g/mol. The molecular formula is C16H16N4O5. The number of nitro groups is 1. The third-order valence-electron chi connectivity index (χ3n) is 3.72. The van der Waals surface area contributed by atoms with Gasteiger partial charge in [-0.2, -0.15) is 5.10 Å². The van der Waals surface area contributed by atoms with Crippen molar-refractivity contribution in [1.29, 1.82) is 0 Å². The van der Waals surface area contributed by atoms with Gasteiger partial charge in [0.1, 0.15) is 18.1 Å². The standard InChI is InChI=1S/C16H16N4O5/c1-24-15-5-2-11(7-18-25-16(21)12-3-4-12)6-13(15)9-19-10-14(8-17-19)20(22)23/h2,5-8,10,12H,3-4,9H2,1H3/b18-7-. The van der Waals surface area contributed by atoms with Gasteiger partial charge in [-0.05, 0) is 36.6 Å². The second kappa shape index (κ2) is 7.12. The maximum Gasteiger partial charge on any atom is 0.338 e. The Labute approximate surface area is 143 Å². The van der Waals surface area contributed by atoms with Crippen molar-refractivity contribution in [3.8, 4) is 5.75 Å². The van der Waals surface area contributed by atoms with E-state index in [0.717, 1.165) is 18.4 Å². The van der Waals surface area contributed by atoms with Crippen LogP contribution in [0.25, 0.3) is 0 Å². The van der Waals surface area contributed by atoms with Crippen LogP contribution >= 0.6 is 0 Å². The van der Waals surface area contributed by atoms with Crippen LogP contribution in [0.15, 0.2) is 35.7 Å². The molecule has 1 fully saturated rings. The first-order valence-corrected chi connectivity index (χ1v) is 7.65. The first kappa shape index (κ1) is 16.6. The van der Waals surface area contributed by atoms with Crippen molar-refractivity contribution in [2.75, 3.05) is 7.11 Å². The molecule has 3 rings (SSSR count). The largest absolute Gasteiger partial charge is 0.496 e. The molecule has 9 heteroatoms. The maximum absolute atomic E-state index is 11.4. The zero-order chi connectivity index (χ0) is 17.8. The Bertz CT molecular complexity index is 826. The zero-order valence-electron chi connectivity index (χ0n) is 13.5. The van der Waals surface area contributed by atoms with Gasteiger partial charge in [-0.25, -0.2) is 4.79 Å². The Morgan fingerprint density at radius 2 is 2.32 bits per heavy atom. The maximum atomic E-state index is 11.4. The number of ether oxygens (including phenoxy) is 1. The van der Waals surface area contributed by atoms with E-state index in [-0.39, 0.29) is 17.6 Å². The van der Waals surface area contributed by atoms with E-state index in [1.54, 1.807) is 18.2 Å². The number of carbonyl (C=O) groups excluding carboxylic acids is 1. The van der Waals surface area contributed by atoms with Crippen LogP contribution in [0.4, 0.5) is 5.69 Å². The molecule has 0 radical (unpaired) electrons. The number of aromatic nitrogens is 2. The van der Waals surface area contributed by atoms with Crippen molar-refractivity contribution in [2.24, 2.45) is 11.1 Å². The molecule has 0 amide bonds. The first-order valence-electron chi connectivity index (χ1n) is 7.65. The van der Waals surface area contributed by atoms with Crippen LogP contribution in [0.3, 0.4) is 0 Å². The molecule has 0 saturated heterocycles. The molecule has 1 aromatic carbocycles. The fraction of sp³-hybridized carbons (Fsp3) is 0.312. The van der Waals surface area contributed by atoms with Gasteiger partial charge in [-0.15, -0.1) is 0 Å². The second-order valence-electron chi connectivity index (χ2n) is 5.64. The molecule has 0 aliphatic heterocycles. The van der Waals surface area contributed by atoms with Gasteiger partial charge in [0, 0.05) is 5.56 Å². The summed E-state index contributed by atoms with van der Waals surface area (Å²) in [5.41, 5.74) is 1.39. The summed E-state index contributed by atoms with van der Waals surface area (Å²) in [4.78, 5) is 26.5. The lowest BCUT2D eigenvalue weighted by Crippen LogP contribution is -2.04. The quantitative estimate of drug-likeness (QED) is 0.329. The lowest BCUT2D eigenvalue weighted by molar-refractivity contribution is -0.385. The molecule has 25 heavy (non-hydrogen) atoms. The number of oxime groups is 1. The lowest BCUT2D eigenvalue weighted by Gasteiger charge is -2.09. The van der Waals surface area contributed by atoms with Gasteiger partial charge < -0.3 is 9.57 Å². The summed E-state index contributed by atoms with van der Waals surface area (Å²) in [6, 6.07) is 5.31. The Morgan fingerprint density at radius 1 is 1.52 bits per heavy atom. The molecule has 130 valence electrons. The number of hydrogen-bond donors (Lipinski definition) is 0. The van der Waals surface area contributed by atoms with Gasteiger partial charge in [0.15, 0.2) is 0 Å². The van der Waals surface area contributed by atoms with Gasteiger partial charge in [0.25, 0.3) is 0 Å². The van der Waals surface area contributed by atoms with Crippen LogP contribution in [-0.2, 0) is 16.2 Å². The third-order valence-corrected chi connectivity index (χ3v) is 3.72. The van der Waals surface area contributed by atoms with Gasteiger partial charge in [-0.3, -0.25) is 14.8 Å². The van der Waals surface area contributed by atoms with Crippen molar-refractivity contribution in [2.45, 2.75) is 19.4 Å². The number of rotatable bonds is 7. The van der Waals surface area contributed by atoms with Crippen molar-refractivity contribution in [1.82, 2.24) is 9.78 Å². The van der Waals surface area contributed by atoms with Gasteiger partial charge in [0.05, 0.1) is 30.7 Å². The van der Waals surface area contributed by atoms with Crippen molar-refractivity contribution < 1.29 is 19.3 Å². The smallest absolute Gasteiger partial charge is 0.338 e. The molecule has 1 aromatic heterocycles. The van der Waals surface area contributed by atoms with Gasteiger partial charge >= 0.3 is 11.7 Å². The van der Waals surface area contributed by atoms with Crippen molar-refractivity contribution in [3.63, 3.8) is 0 Å². The highest BCUT2D eigenvalue weighted by Crippen LogP contribution is 2.30. The topological polar surface area (TPSA) is 109 Å². The molecule has 1 heterocycles. The summed E-state index contributed by atoms with van der Waals surface area (Å²) in [5, 5.41) is 18.4. The van der Waals surface area contributed by atoms with Crippen LogP contribution in [0, 0.1) is 16.0 Å². The van der Waals surface area contributed by atoms with Crippen LogP contribution in [0.5, 0.6) is 5.75 Å². The minimum atomic E-state index is -0.502. The van der Waals surface area contributed by atoms with Crippen molar-refractivity contribution in [3.05, 3.63) is 51.8 Å². The summed E-state index contributed by atoms with van der Waals surface area (Å²) in [5.74, 6) is 0.290. The van der Waals surface area contributed by atoms with Crippen LogP contribution < -0.4 is 4.74 Å². The minimum Gasteiger partial charge on any atom is -0.496 e. The molecule has 0 bridgehead atoms. The van der Waals surface area contributed by atoms with Crippen LogP contribution in [0.2, 0.25) is 0 Å². The Morgan fingerprint density at radius 3 is 2.96 bits per heavy atom. The molecule has 1 aliphatic rings. The number of hydrogen-bond acceptors (Lipinski definition) is 7. The zero-order valence-corrected chi connectivity index (χ0v) is 13.5. The highest BCUT2D eigenvalue weighted by molar-refractivity contribution is 5.81. The summed E-state index contributed by atoms with van der Waals surface area (Å²) >= 11 is 0. The predicted octanol–water partition coefficient (Wildman–Crippen LogP) is 2.14. The molecule has 9 nitrogen and oxygen atoms in total. The Kier molecular flexibility index (Phi) is 4.73. The Balaban J connectivity index is 1.73. The van der Waals surface area contributed by atoms with E-state index in [0.29, 0.717) is 17.9 Å². The van der Waals surface area contributed by atoms with Crippen LogP contribution in [0.1, 0.15) is 24.0 Å². The Hall–Kier alpha value is -3.23. The van der Waals surface area contributed by atoms with E-state index in [1.165, 1.54) is 30.4 Å². The number of carbonyl (C=O) groups is 1. The normalized spacial score (nSPS) is 13.8. The summed E-state index contributed by atoms with van der Waals surface area (Å²) in [6.07, 6.45) is 5.69. The fourth-order valence-corrected chi connectivity index (χ4v) is 2.24. The minimum absolute atomic E-state index is 0.0146. The average Bonchev–Trinajstić information content (AvgIpc) is 3.34. The SMILES string of the molecule is COc1ccc(/C=N\OC(=O)C2CC2)cc1Cn1cc([N+](=O)[O-])cn1. The highest BCUT2D eigenvalue weighted by Gasteiger charge is 2.31.